The molecule has 0 spiro atoms. The molecular formula is C19H23N3O3S. The number of carbonyl (C=O) groups is 2. The van der Waals surface area contributed by atoms with Crippen molar-refractivity contribution in [2.45, 2.75) is 25.5 Å². The largest absolute Gasteiger partial charge is 0.377 e. The number of anilines is 1. The molecule has 0 radical (unpaired) electrons. The molecule has 3 rings (SSSR count). The first-order chi connectivity index (χ1) is 12.7. The molecule has 1 atom stereocenters. The Hall–Kier alpha value is -2.22. The predicted molar refractivity (Wildman–Crippen MR) is 102 cm³/mol. The fourth-order valence-corrected chi connectivity index (χ4v) is 3.68. The van der Waals surface area contributed by atoms with Gasteiger partial charge in [-0.3, -0.25) is 15.0 Å². The number of nitrogens with one attached hydrogen (secondary N) is 2. The van der Waals surface area contributed by atoms with Gasteiger partial charge in [-0.05, 0) is 36.4 Å². The minimum absolute atomic E-state index is 0.153. The Balaban J connectivity index is 1.52. The van der Waals surface area contributed by atoms with E-state index in [1.165, 1.54) is 4.88 Å². The van der Waals surface area contributed by atoms with E-state index >= 15 is 0 Å². The van der Waals surface area contributed by atoms with Crippen molar-refractivity contribution in [3.63, 3.8) is 0 Å². The van der Waals surface area contributed by atoms with Crippen molar-refractivity contribution in [1.29, 1.82) is 0 Å². The highest BCUT2D eigenvalue weighted by Crippen LogP contribution is 2.17. The van der Waals surface area contributed by atoms with Crippen LogP contribution in [0.15, 0.2) is 47.8 Å². The molecule has 138 valence electrons. The maximum absolute atomic E-state index is 12.3. The Morgan fingerprint density at radius 3 is 2.73 bits per heavy atom. The summed E-state index contributed by atoms with van der Waals surface area (Å²) in [5.41, 5.74) is 0.646. The average molecular weight is 373 g/mol. The number of imide groups is 1. The molecule has 2 N–H and O–H groups in total. The molecule has 1 aromatic heterocycles. The Bertz CT molecular complexity index is 700. The van der Waals surface area contributed by atoms with Gasteiger partial charge in [0.1, 0.15) is 0 Å². The van der Waals surface area contributed by atoms with Gasteiger partial charge in [-0.15, -0.1) is 11.3 Å². The number of hydrogen-bond donors (Lipinski definition) is 2. The van der Waals surface area contributed by atoms with Crippen LogP contribution in [0, 0.1) is 0 Å². The van der Waals surface area contributed by atoms with Crippen LogP contribution in [-0.2, 0) is 16.1 Å². The van der Waals surface area contributed by atoms with Gasteiger partial charge in [-0.2, -0.15) is 0 Å². The smallest absolute Gasteiger partial charge is 0.325 e. The lowest BCUT2D eigenvalue weighted by molar-refractivity contribution is -0.121. The second-order valence-corrected chi connectivity index (χ2v) is 7.28. The summed E-state index contributed by atoms with van der Waals surface area (Å²) in [6.07, 6.45) is 2.22. The summed E-state index contributed by atoms with van der Waals surface area (Å²) in [4.78, 5) is 27.5. The summed E-state index contributed by atoms with van der Waals surface area (Å²) in [6, 6.07) is 12.6. The number of rotatable bonds is 7. The summed E-state index contributed by atoms with van der Waals surface area (Å²) >= 11 is 1.66. The Labute approximate surface area is 157 Å². The third-order valence-electron chi connectivity index (χ3n) is 4.10. The number of ether oxygens (including phenoxy) is 1. The van der Waals surface area contributed by atoms with Gasteiger partial charge in [0.25, 0.3) is 0 Å². The van der Waals surface area contributed by atoms with Crippen molar-refractivity contribution in [2.75, 3.05) is 25.0 Å². The van der Waals surface area contributed by atoms with Gasteiger partial charge in [0.15, 0.2) is 0 Å². The van der Waals surface area contributed by atoms with Crippen molar-refractivity contribution in [3.05, 3.63) is 52.7 Å². The van der Waals surface area contributed by atoms with Crippen molar-refractivity contribution in [2.24, 2.45) is 0 Å². The number of nitrogens with zero attached hydrogens (tertiary/aromatic N) is 1. The van der Waals surface area contributed by atoms with E-state index in [1.807, 2.05) is 40.6 Å². The molecule has 0 bridgehead atoms. The first-order valence-electron chi connectivity index (χ1n) is 8.71. The molecule has 1 aliphatic heterocycles. The number of carbonyl (C=O) groups excluding carboxylic acids is 2. The van der Waals surface area contributed by atoms with Crippen LogP contribution in [0.1, 0.15) is 17.7 Å². The van der Waals surface area contributed by atoms with Crippen molar-refractivity contribution in [3.8, 4) is 0 Å². The maximum atomic E-state index is 12.3. The number of para-hydroxylation sites is 1. The van der Waals surface area contributed by atoms with E-state index in [0.717, 1.165) is 19.4 Å². The van der Waals surface area contributed by atoms with E-state index in [1.54, 1.807) is 23.5 Å². The first-order valence-corrected chi connectivity index (χ1v) is 9.59. The monoisotopic (exact) mass is 373 g/mol. The zero-order valence-corrected chi connectivity index (χ0v) is 15.3. The number of hydrogen-bond acceptors (Lipinski definition) is 5. The molecule has 7 heteroatoms. The van der Waals surface area contributed by atoms with Gasteiger partial charge in [0, 0.05) is 30.3 Å². The van der Waals surface area contributed by atoms with Gasteiger partial charge in [-0.1, -0.05) is 24.3 Å². The van der Waals surface area contributed by atoms with Crippen molar-refractivity contribution in [1.82, 2.24) is 10.2 Å². The van der Waals surface area contributed by atoms with Crippen LogP contribution in [0.2, 0.25) is 0 Å². The number of amides is 3. The predicted octanol–water partition coefficient (Wildman–Crippen LogP) is 3.08. The second kappa shape index (κ2) is 9.47. The van der Waals surface area contributed by atoms with Crippen LogP contribution >= 0.6 is 11.3 Å². The molecule has 1 aromatic carbocycles. The fourth-order valence-electron chi connectivity index (χ4n) is 2.94. The number of thiophene rings is 1. The Morgan fingerprint density at radius 1 is 1.19 bits per heavy atom. The molecule has 0 aliphatic carbocycles. The molecule has 1 fully saturated rings. The summed E-state index contributed by atoms with van der Waals surface area (Å²) < 4.78 is 5.70. The molecule has 1 saturated heterocycles. The van der Waals surface area contributed by atoms with Gasteiger partial charge in [-0.25, -0.2) is 4.79 Å². The van der Waals surface area contributed by atoms with Crippen molar-refractivity contribution < 1.29 is 14.3 Å². The van der Waals surface area contributed by atoms with Crippen LogP contribution < -0.4 is 10.6 Å². The van der Waals surface area contributed by atoms with E-state index in [2.05, 4.69) is 10.6 Å². The molecule has 26 heavy (non-hydrogen) atoms. The molecule has 3 amide bonds. The van der Waals surface area contributed by atoms with Crippen LogP contribution in [0.3, 0.4) is 0 Å². The standard InChI is InChI=1S/C19H23N3O3S/c23-18(21-19(24)20-15-6-2-1-3-7-15)14-22(12-16-8-4-10-25-16)13-17-9-5-11-26-17/h1-3,5-7,9,11,16H,4,8,10,12-14H2,(H2,20,21,23,24)/t16-/m1/s1. The molecule has 2 aromatic rings. The van der Waals surface area contributed by atoms with Crippen LogP contribution in [0.4, 0.5) is 10.5 Å². The maximum Gasteiger partial charge on any atom is 0.325 e. The topological polar surface area (TPSA) is 70.7 Å². The van der Waals surface area contributed by atoms with E-state index < -0.39 is 6.03 Å². The van der Waals surface area contributed by atoms with Crippen LogP contribution in [0.5, 0.6) is 0 Å². The van der Waals surface area contributed by atoms with Crippen molar-refractivity contribution >= 4 is 29.0 Å². The lowest BCUT2D eigenvalue weighted by atomic mass is 10.2. The highest BCUT2D eigenvalue weighted by molar-refractivity contribution is 7.09. The van der Waals surface area contributed by atoms with E-state index in [9.17, 15) is 9.59 Å². The van der Waals surface area contributed by atoms with Crippen LogP contribution in [-0.4, -0.2) is 42.6 Å². The van der Waals surface area contributed by atoms with Gasteiger partial charge >= 0.3 is 6.03 Å². The van der Waals surface area contributed by atoms with E-state index in [-0.39, 0.29) is 18.6 Å². The zero-order valence-electron chi connectivity index (χ0n) is 14.5. The van der Waals surface area contributed by atoms with Crippen LogP contribution in [0.25, 0.3) is 0 Å². The molecular weight excluding hydrogens is 350 g/mol. The fraction of sp³-hybridized carbons (Fsp3) is 0.368. The zero-order chi connectivity index (χ0) is 18.2. The summed E-state index contributed by atoms with van der Waals surface area (Å²) in [6.45, 7) is 2.29. The Kier molecular flexibility index (Phi) is 6.76. The lowest BCUT2D eigenvalue weighted by Crippen LogP contribution is -2.43. The molecule has 0 unspecified atom stereocenters. The third-order valence-corrected chi connectivity index (χ3v) is 4.96. The normalized spacial score (nSPS) is 16.6. The summed E-state index contributed by atoms with van der Waals surface area (Å²) in [5, 5.41) is 7.07. The highest BCUT2D eigenvalue weighted by Gasteiger charge is 2.22. The number of urea groups is 1. The molecule has 2 heterocycles. The van der Waals surface area contributed by atoms with Gasteiger partial charge < -0.3 is 10.1 Å². The number of benzene rings is 1. The lowest BCUT2D eigenvalue weighted by Gasteiger charge is -2.24. The van der Waals surface area contributed by atoms with Gasteiger partial charge in [0.05, 0.1) is 12.6 Å². The first kappa shape index (κ1) is 18.6. The highest BCUT2D eigenvalue weighted by atomic mass is 32.1. The molecule has 6 nitrogen and oxygen atoms in total. The summed E-state index contributed by atoms with van der Waals surface area (Å²) in [7, 11) is 0. The van der Waals surface area contributed by atoms with Gasteiger partial charge in [0.2, 0.25) is 5.91 Å². The van der Waals surface area contributed by atoms with E-state index in [0.29, 0.717) is 18.8 Å². The second-order valence-electron chi connectivity index (χ2n) is 6.25. The molecule has 1 aliphatic rings. The summed E-state index contributed by atoms with van der Waals surface area (Å²) in [5.74, 6) is -0.326. The quantitative estimate of drug-likeness (QED) is 0.782. The Morgan fingerprint density at radius 2 is 2.04 bits per heavy atom. The average Bonchev–Trinajstić information content (AvgIpc) is 3.29. The minimum Gasteiger partial charge on any atom is -0.377 e. The SMILES string of the molecule is O=C(CN(Cc1cccs1)C[C@H]1CCCO1)NC(=O)Nc1ccccc1. The van der Waals surface area contributed by atoms with E-state index in [4.69, 9.17) is 4.74 Å². The third kappa shape index (κ3) is 5.94. The minimum atomic E-state index is -0.519. The molecule has 0 saturated carbocycles.